The van der Waals surface area contributed by atoms with E-state index < -0.39 is 10.0 Å². The van der Waals surface area contributed by atoms with Crippen LogP contribution < -0.4 is 10.0 Å². The Bertz CT molecular complexity index is 646. The molecule has 0 unspecified atom stereocenters. The molecule has 0 spiro atoms. The summed E-state index contributed by atoms with van der Waals surface area (Å²) >= 11 is 1.41. The topological polar surface area (TPSA) is 88.9 Å². The van der Waals surface area contributed by atoms with Gasteiger partial charge in [-0.05, 0) is 18.5 Å². The number of hydrogen-bond donors (Lipinski definition) is 2. The first-order valence-electron chi connectivity index (χ1n) is 5.58. The molecular weight excluding hydrogens is 286 g/mol. The van der Waals surface area contributed by atoms with E-state index in [0.29, 0.717) is 17.3 Å². The molecule has 0 atom stereocenters. The third-order valence-corrected chi connectivity index (χ3v) is 5.09. The molecule has 2 rings (SSSR count). The van der Waals surface area contributed by atoms with Crippen LogP contribution >= 0.6 is 11.3 Å². The van der Waals surface area contributed by atoms with E-state index >= 15 is 0 Å². The fraction of sp³-hybridized carbons (Fsp3) is 0.400. The van der Waals surface area contributed by atoms with Crippen molar-refractivity contribution in [2.24, 2.45) is 7.05 Å². The maximum atomic E-state index is 12.2. The van der Waals surface area contributed by atoms with Crippen molar-refractivity contribution >= 4 is 21.4 Å². The SMILES string of the molecule is CNCc1sccc1S(=O)(=O)NCc1nncn1C. The van der Waals surface area contributed by atoms with E-state index in [9.17, 15) is 8.42 Å². The highest BCUT2D eigenvalue weighted by molar-refractivity contribution is 7.89. The predicted molar refractivity (Wildman–Crippen MR) is 72.1 cm³/mol. The van der Waals surface area contributed by atoms with Gasteiger partial charge in [0.15, 0.2) is 0 Å². The van der Waals surface area contributed by atoms with Gasteiger partial charge in [-0.3, -0.25) is 0 Å². The Morgan fingerprint density at radius 3 is 2.84 bits per heavy atom. The van der Waals surface area contributed by atoms with Gasteiger partial charge < -0.3 is 9.88 Å². The van der Waals surface area contributed by atoms with E-state index in [2.05, 4.69) is 20.2 Å². The van der Waals surface area contributed by atoms with Crippen LogP contribution in [0.3, 0.4) is 0 Å². The van der Waals surface area contributed by atoms with E-state index in [0.717, 1.165) is 4.88 Å². The van der Waals surface area contributed by atoms with Crippen molar-refractivity contribution in [1.82, 2.24) is 24.8 Å². The lowest BCUT2D eigenvalue weighted by Crippen LogP contribution is -2.25. The fourth-order valence-corrected chi connectivity index (χ4v) is 4.00. The van der Waals surface area contributed by atoms with Crippen molar-refractivity contribution < 1.29 is 8.42 Å². The Hall–Kier alpha value is -1.29. The molecule has 2 aromatic heterocycles. The molecule has 9 heteroatoms. The van der Waals surface area contributed by atoms with Crippen molar-refractivity contribution in [3.05, 3.63) is 28.5 Å². The molecule has 0 aliphatic carbocycles. The number of aryl methyl sites for hydroxylation is 1. The molecule has 0 aliphatic heterocycles. The highest BCUT2D eigenvalue weighted by Gasteiger charge is 2.19. The first kappa shape index (κ1) is 14.1. The minimum atomic E-state index is -3.52. The Labute approximate surface area is 115 Å². The molecule has 7 nitrogen and oxygen atoms in total. The van der Waals surface area contributed by atoms with Crippen LogP contribution in [0, 0.1) is 0 Å². The zero-order valence-electron chi connectivity index (χ0n) is 10.6. The van der Waals surface area contributed by atoms with E-state index in [1.807, 2.05) is 0 Å². The van der Waals surface area contributed by atoms with Gasteiger partial charge in [-0.15, -0.1) is 21.5 Å². The maximum absolute atomic E-state index is 12.2. The van der Waals surface area contributed by atoms with Crippen LogP contribution in [-0.4, -0.2) is 30.2 Å². The van der Waals surface area contributed by atoms with Crippen LogP contribution in [0.25, 0.3) is 0 Å². The van der Waals surface area contributed by atoms with Gasteiger partial charge >= 0.3 is 0 Å². The van der Waals surface area contributed by atoms with Crippen LogP contribution in [0.15, 0.2) is 22.7 Å². The Morgan fingerprint density at radius 2 is 2.21 bits per heavy atom. The third kappa shape index (κ3) is 3.18. The van der Waals surface area contributed by atoms with Crippen molar-refractivity contribution in [2.75, 3.05) is 7.05 Å². The lowest BCUT2D eigenvalue weighted by Gasteiger charge is -2.07. The van der Waals surface area contributed by atoms with E-state index in [1.165, 1.54) is 17.7 Å². The average molecular weight is 301 g/mol. The van der Waals surface area contributed by atoms with Gasteiger partial charge in [-0.1, -0.05) is 0 Å². The number of hydrogen-bond acceptors (Lipinski definition) is 6. The monoisotopic (exact) mass is 301 g/mol. The number of nitrogens with one attached hydrogen (secondary N) is 2. The van der Waals surface area contributed by atoms with E-state index in [1.54, 1.807) is 30.1 Å². The molecule has 0 amide bonds. The standard InChI is InChI=1S/C10H15N5O2S2/c1-11-5-8-9(3-4-18-8)19(16,17)13-6-10-14-12-7-15(10)2/h3-4,7,11,13H,5-6H2,1-2H3. The lowest BCUT2D eigenvalue weighted by molar-refractivity contribution is 0.576. The third-order valence-electron chi connectivity index (χ3n) is 2.56. The maximum Gasteiger partial charge on any atom is 0.242 e. The molecule has 2 N–H and O–H groups in total. The normalized spacial score (nSPS) is 11.9. The molecule has 0 radical (unpaired) electrons. The van der Waals surface area contributed by atoms with Crippen molar-refractivity contribution in [1.29, 1.82) is 0 Å². The summed E-state index contributed by atoms with van der Waals surface area (Å²) in [5.41, 5.74) is 0. The summed E-state index contributed by atoms with van der Waals surface area (Å²) in [4.78, 5) is 1.10. The Kier molecular flexibility index (Phi) is 4.30. The van der Waals surface area contributed by atoms with E-state index in [4.69, 9.17) is 0 Å². The molecule has 0 aromatic carbocycles. The van der Waals surface area contributed by atoms with Gasteiger partial charge in [-0.25, -0.2) is 13.1 Å². The highest BCUT2D eigenvalue weighted by atomic mass is 32.2. The van der Waals surface area contributed by atoms with Crippen molar-refractivity contribution in [3.8, 4) is 0 Å². The van der Waals surface area contributed by atoms with Gasteiger partial charge in [0.05, 0.1) is 11.4 Å². The summed E-state index contributed by atoms with van der Waals surface area (Å²) in [7, 11) is 0.0221. The second kappa shape index (κ2) is 5.78. The summed E-state index contributed by atoms with van der Waals surface area (Å²) in [5, 5.41) is 12.3. The average Bonchev–Trinajstić information content (AvgIpc) is 2.97. The van der Waals surface area contributed by atoms with Crippen LogP contribution in [0.5, 0.6) is 0 Å². The summed E-state index contributed by atoms with van der Waals surface area (Å²) < 4.78 is 28.6. The molecule has 0 saturated heterocycles. The first-order valence-corrected chi connectivity index (χ1v) is 7.94. The van der Waals surface area contributed by atoms with Crippen LogP contribution in [0.4, 0.5) is 0 Å². The predicted octanol–water partition coefficient (Wildman–Crippen LogP) is 0.0745. The lowest BCUT2D eigenvalue weighted by atomic mass is 10.5. The van der Waals surface area contributed by atoms with Gasteiger partial charge in [-0.2, -0.15) is 0 Å². The highest BCUT2D eigenvalue weighted by Crippen LogP contribution is 2.21. The van der Waals surface area contributed by atoms with Crippen LogP contribution in [0.1, 0.15) is 10.7 Å². The number of thiophene rings is 1. The number of aromatic nitrogens is 3. The quantitative estimate of drug-likeness (QED) is 0.788. The minimum absolute atomic E-state index is 0.119. The van der Waals surface area contributed by atoms with Gasteiger partial charge in [0.2, 0.25) is 10.0 Å². The molecule has 0 saturated carbocycles. The van der Waals surface area contributed by atoms with Crippen molar-refractivity contribution in [2.45, 2.75) is 18.0 Å². The molecular formula is C10H15N5O2S2. The first-order chi connectivity index (χ1) is 9.04. The Morgan fingerprint density at radius 1 is 1.42 bits per heavy atom. The zero-order chi connectivity index (χ0) is 13.9. The molecule has 104 valence electrons. The van der Waals surface area contributed by atoms with E-state index in [-0.39, 0.29) is 6.54 Å². The number of sulfonamides is 1. The minimum Gasteiger partial charge on any atom is -0.320 e. The molecule has 2 aromatic rings. The fourth-order valence-electron chi connectivity index (χ4n) is 1.56. The smallest absolute Gasteiger partial charge is 0.242 e. The zero-order valence-corrected chi connectivity index (χ0v) is 12.3. The molecule has 0 bridgehead atoms. The number of nitrogens with zero attached hydrogens (tertiary/aromatic N) is 3. The summed E-state index contributed by atoms with van der Waals surface area (Å²) in [6.45, 7) is 0.644. The molecule has 0 aliphatic rings. The Balaban J connectivity index is 2.14. The molecule has 0 fully saturated rings. The van der Waals surface area contributed by atoms with Crippen LogP contribution in [0.2, 0.25) is 0 Å². The summed E-state index contributed by atoms with van der Waals surface area (Å²) in [5.74, 6) is 0.564. The second-order valence-electron chi connectivity index (χ2n) is 3.92. The van der Waals surface area contributed by atoms with Gasteiger partial charge in [0.25, 0.3) is 0 Å². The number of rotatable bonds is 6. The molecule has 2 heterocycles. The molecule has 19 heavy (non-hydrogen) atoms. The van der Waals surface area contributed by atoms with Crippen LogP contribution in [-0.2, 0) is 30.2 Å². The van der Waals surface area contributed by atoms with Crippen molar-refractivity contribution in [3.63, 3.8) is 0 Å². The van der Waals surface area contributed by atoms with Gasteiger partial charge in [0.1, 0.15) is 12.2 Å². The second-order valence-corrected chi connectivity index (χ2v) is 6.66. The summed E-state index contributed by atoms with van der Waals surface area (Å²) in [6, 6.07) is 1.61. The largest absolute Gasteiger partial charge is 0.320 e. The van der Waals surface area contributed by atoms with Gasteiger partial charge in [0, 0.05) is 18.5 Å². The summed E-state index contributed by atoms with van der Waals surface area (Å²) in [6.07, 6.45) is 1.53.